The second-order valence-electron chi connectivity index (χ2n) is 9.68. The van der Waals surface area contributed by atoms with Crippen LogP contribution in [0, 0.1) is 0 Å². The van der Waals surface area contributed by atoms with Crippen LogP contribution < -0.4 is 0 Å². The summed E-state index contributed by atoms with van der Waals surface area (Å²) >= 11 is 6.98. The summed E-state index contributed by atoms with van der Waals surface area (Å²) in [6.45, 7) is 0. The quantitative estimate of drug-likeness (QED) is 0.175. The number of thioether (sulfide) groups is 1. The molecule has 4 aromatic rings. The average Bonchev–Trinajstić information content (AvgIpc) is 2.91. The lowest BCUT2D eigenvalue weighted by atomic mass is 9.98. The van der Waals surface area contributed by atoms with E-state index in [-0.39, 0.29) is 23.3 Å². The first-order valence-electron chi connectivity index (χ1n) is 12.4. The van der Waals surface area contributed by atoms with Crippen molar-refractivity contribution in [1.82, 2.24) is 0 Å². The van der Waals surface area contributed by atoms with Crippen molar-refractivity contribution in [3.8, 4) is 0 Å². The fourth-order valence-electron chi connectivity index (χ4n) is 4.44. The maximum Gasteiger partial charge on any atom is 0.416 e. The Balaban J connectivity index is 2.04. The minimum absolute atomic E-state index is 0.0691. The molecule has 0 bridgehead atoms. The standard InChI is InChI=1S/C30H16Br2F12S/c31-23-5-1-3-15(11-23)25(17-7-19(27(33,34)35)13-20(8-17)28(36,37)38)45-26(16-4-2-6-24(32)12-16)18-9-21(29(39,40)41)14-22(10-18)30(42,43)44/h1-14,25-26H. The van der Waals surface area contributed by atoms with Crippen LogP contribution in [0.2, 0.25) is 0 Å². The Kier molecular flexibility index (Phi) is 10.1. The second kappa shape index (κ2) is 12.9. The van der Waals surface area contributed by atoms with Gasteiger partial charge in [0.15, 0.2) is 0 Å². The monoisotopic (exact) mass is 794 g/mol. The van der Waals surface area contributed by atoms with Gasteiger partial charge in [-0.05, 0) is 82.9 Å². The Morgan fingerprint density at radius 3 is 0.933 bits per heavy atom. The van der Waals surface area contributed by atoms with Gasteiger partial charge < -0.3 is 0 Å². The number of rotatable bonds is 6. The Hall–Kier alpha value is -2.65. The zero-order valence-corrected chi connectivity index (χ0v) is 25.9. The molecule has 15 heteroatoms. The fraction of sp³-hybridized carbons (Fsp3) is 0.200. The van der Waals surface area contributed by atoms with Crippen molar-refractivity contribution >= 4 is 43.6 Å². The van der Waals surface area contributed by atoms with E-state index < -0.39 is 68.6 Å². The molecule has 0 fully saturated rings. The summed E-state index contributed by atoms with van der Waals surface area (Å²) in [5, 5.41) is -2.89. The smallest absolute Gasteiger partial charge is 0.166 e. The van der Waals surface area contributed by atoms with E-state index in [0.29, 0.717) is 45.0 Å². The van der Waals surface area contributed by atoms with E-state index in [1.807, 2.05) is 0 Å². The molecule has 0 aliphatic carbocycles. The predicted octanol–water partition coefficient (Wildman–Crippen LogP) is 12.9. The molecular weight excluding hydrogens is 780 g/mol. The molecule has 2 atom stereocenters. The molecule has 0 aliphatic rings. The third kappa shape index (κ3) is 8.79. The van der Waals surface area contributed by atoms with Crippen LogP contribution >= 0.6 is 43.6 Å². The second-order valence-corrected chi connectivity index (χ2v) is 12.7. The topological polar surface area (TPSA) is 0 Å². The Labute approximate surface area is 269 Å². The van der Waals surface area contributed by atoms with Crippen LogP contribution in [0.3, 0.4) is 0 Å². The van der Waals surface area contributed by atoms with E-state index in [4.69, 9.17) is 0 Å². The number of benzene rings is 4. The van der Waals surface area contributed by atoms with Gasteiger partial charge in [-0.2, -0.15) is 52.7 Å². The van der Waals surface area contributed by atoms with Crippen LogP contribution in [0.5, 0.6) is 0 Å². The van der Waals surface area contributed by atoms with E-state index in [0.717, 1.165) is 0 Å². The highest BCUT2D eigenvalue weighted by atomic mass is 79.9. The molecule has 0 spiro atoms. The van der Waals surface area contributed by atoms with Gasteiger partial charge in [0, 0.05) is 8.95 Å². The van der Waals surface area contributed by atoms with Crippen molar-refractivity contribution in [3.63, 3.8) is 0 Å². The predicted molar refractivity (Wildman–Crippen MR) is 152 cm³/mol. The van der Waals surface area contributed by atoms with E-state index >= 15 is 0 Å². The normalized spacial score (nSPS) is 14.4. The van der Waals surface area contributed by atoms with Gasteiger partial charge in [-0.1, -0.05) is 56.1 Å². The van der Waals surface area contributed by atoms with E-state index in [1.54, 1.807) is 0 Å². The molecule has 2 unspecified atom stereocenters. The lowest BCUT2D eigenvalue weighted by Crippen LogP contribution is -2.14. The maximum atomic E-state index is 13.8. The molecule has 0 saturated carbocycles. The molecule has 0 nitrogen and oxygen atoms in total. The molecule has 4 aromatic carbocycles. The van der Waals surface area contributed by atoms with Crippen molar-refractivity contribution in [2.75, 3.05) is 0 Å². The van der Waals surface area contributed by atoms with E-state index in [1.165, 1.54) is 48.5 Å². The largest absolute Gasteiger partial charge is 0.416 e. The van der Waals surface area contributed by atoms with Crippen molar-refractivity contribution < 1.29 is 52.7 Å². The Morgan fingerprint density at radius 2 is 0.689 bits per heavy atom. The van der Waals surface area contributed by atoms with Gasteiger partial charge in [-0.15, -0.1) is 11.8 Å². The number of alkyl halides is 12. The summed E-state index contributed by atoms with van der Waals surface area (Å²) in [4.78, 5) is 0. The zero-order valence-electron chi connectivity index (χ0n) is 21.9. The van der Waals surface area contributed by atoms with Crippen molar-refractivity contribution in [1.29, 1.82) is 0 Å². The van der Waals surface area contributed by atoms with Crippen LogP contribution in [-0.4, -0.2) is 0 Å². The molecule has 4 rings (SSSR count). The molecular formula is C30H16Br2F12S. The molecule has 0 N–H and O–H groups in total. The molecule has 0 heterocycles. The summed E-state index contributed by atoms with van der Waals surface area (Å²) in [5.41, 5.74) is -7.33. The number of hydrogen-bond donors (Lipinski definition) is 0. The minimum Gasteiger partial charge on any atom is -0.166 e. The van der Waals surface area contributed by atoms with Gasteiger partial charge in [0.05, 0.1) is 32.8 Å². The summed E-state index contributed by atoms with van der Waals surface area (Å²) in [6.07, 6.45) is -20.9. The summed E-state index contributed by atoms with van der Waals surface area (Å²) in [7, 11) is 0. The molecule has 0 radical (unpaired) electrons. The number of hydrogen-bond acceptors (Lipinski definition) is 1. The SMILES string of the molecule is FC(F)(F)c1cc(C(SC(c2cccc(Br)c2)c2cc(C(F)(F)F)cc(C(F)(F)F)c2)c2cccc(Br)c2)cc(C(F)(F)F)c1. The van der Waals surface area contributed by atoms with Gasteiger partial charge >= 0.3 is 24.7 Å². The third-order valence-electron chi connectivity index (χ3n) is 6.40. The maximum absolute atomic E-state index is 13.8. The lowest BCUT2D eigenvalue weighted by molar-refractivity contribution is -0.144. The van der Waals surface area contributed by atoms with Crippen molar-refractivity contribution in [2.24, 2.45) is 0 Å². The van der Waals surface area contributed by atoms with E-state index in [9.17, 15) is 52.7 Å². The van der Waals surface area contributed by atoms with Gasteiger partial charge in [0.25, 0.3) is 0 Å². The number of halogens is 14. The van der Waals surface area contributed by atoms with Crippen molar-refractivity contribution in [2.45, 2.75) is 35.2 Å². The Morgan fingerprint density at radius 1 is 0.400 bits per heavy atom. The van der Waals surface area contributed by atoms with Gasteiger partial charge in [-0.25, -0.2) is 0 Å². The molecule has 0 aromatic heterocycles. The molecule has 0 aliphatic heterocycles. The Bertz CT molecular complexity index is 1490. The van der Waals surface area contributed by atoms with E-state index in [2.05, 4.69) is 31.9 Å². The van der Waals surface area contributed by atoms with Crippen molar-refractivity contribution in [3.05, 3.63) is 138 Å². The summed E-state index contributed by atoms with van der Waals surface area (Å²) in [5.74, 6) is 0. The van der Waals surface area contributed by atoms with Crippen LogP contribution in [0.25, 0.3) is 0 Å². The van der Waals surface area contributed by atoms with Crippen LogP contribution in [0.4, 0.5) is 52.7 Å². The van der Waals surface area contributed by atoms with Crippen LogP contribution in [-0.2, 0) is 24.7 Å². The molecule has 240 valence electrons. The van der Waals surface area contributed by atoms with Gasteiger partial charge in [0.1, 0.15) is 0 Å². The zero-order chi connectivity index (χ0) is 33.5. The molecule has 0 amide bonds. The fourth-order valence-corrected chi connectivity index (χ4v) is 6.74. The summed E-state index contributed by atoms with van der Waals surface area (Å²) < 4.78 is 167. The molecule has 45 heavy (non-hydrogen) atoms. The first-order chi connectivity index (χ1) is 20.6. The minimum atomic E-state index is -5.21. The third-order valence-corrected chi connectivity index (χ3v) is 9.02. The molecule has 0 saturated heterocycles. The van der Waals surface area contributed by atoms with Gasteiger partial charge in [0.2, 0.25) is 0 Å². The highest BCUT2D eigenvalue weighted by Crippen LogP contribution is 2.51. The first-order valence-corrected chi connectivity index (χ1v) is 14.9. The van der Waals surface area contributed by atoms with Gasteiger partial charge in [-0.3, -0.25) is 0 Å². The first kappa shape index (κ1) is 35.2. The van der Waals surface area contributed by atoms with Crippen LogP contribution in [0.1, 0.15) is 55.0 Å². The summed E-state index contributed by atoms with van der Waals surface area (Å²) in [6, 6.07) is 13.2. The average molecular weight is 796 g/mol. The lowest BCUT2D eigenvalue weighted by Gasteiger charge is -2.28. The highest BCUT2D eigenvalue weighted by molar-refractivity contribution is 9.10. The highest BCUT2D eigenvalue weighted by Gasteiger charge is 2.40. The van der Waals surface area contributed by atoms with Crippen LogP contribution in [0.15, 0.2) is 93.9 Å².